The quantitative estimate of drug-likeness (QED) is 0.717. The molecular formula is C16H17N3O2S2. The molecule has 3 heterocycles. The van der Waals surface area contributed by atoms with E-state index in [4.69, 9.17) is 10.2 Å². The fourth-order valence-corrected chi connectivity index (χ4v) is 3.79. The number of thiazole rings is 1. The number of amides is 1. The third-order valence-corrected chi connectivity index (χ3v) is 5.25. The van der Waals surface area contributed by atoms with Crippen molar-refractivity contribution in [1.82, 2.24) is 10.3 Å². The van der Waals surface area contributed by atoms with Gasteiger partial charge in [0.05, 0.1) is 27.7 Å². The lowest BCUT2D eigenvalue weighted by Crippen LogP contribution is -2.25. The molecule has 7 heteroatoms. The van der Waals surface area contributed by atoms with Crippen LogP contribution in [0.4, 0.5) is 0 Å². The normalized spacial score (nSPS) is 10.9. The van der Waals surface area contributed by atoms with E-state index in [0.717, 1.165) is 22.0 Å². The predicted molar refractivity (Wildman–Crippen MR) is 92.8 cm³/mol. The summed E-state index contributed by atoms with van der Waals surface area (Å²) in [7, 11) is 0. The molecule has 1 amide bonds. The molecule has 0 aliphatic rings. The van der Waals surface area contributed by atoms with Crippen molar-refractivity contribution in [2.45, 2.75) is 19.9 Å². The number of aryl methyl sites for hydroxylation is 1. The van der Waals surface area contributed by atoms with Crippen LogP contribution < -0.4 is 11.1 Å². The van der Waals surface area contributed by atoms with Gasteiger partial charge in [-0.3, -0.25) is 4.79 Å². The number of rotatable bonds is 6. The average molecular weight is 347 g/mol. The Morgan fingerprint density at radius 3 is 3.00 bits per heavy atom. The van der Waals surface area contributed by atoms with Crippen molar-refractivity contribution in [3.63, 3.8) is 0 Å². The average Bonchev–Trinajstić information content (AvgIpc) is 3.26. The summed E-state index contributed by atoms with van der Waals surface area (Å²) < 4.78 is 5.16. The summed E-state index contributed by atoms with van der Waals surface area (Å²) in [5.74, 6) is 0.469. The van der Waals surface area contributed by atoms with Crippen LogP contribution in [0.15, 0.2) is 34.3 Å². The number of thiophene rings is 1. The Hall–Kier alpha value is -1.96. The molecule has 0 bridgehead atoms. The van der Waals surface area contributed by atoms with Gasteiger partial charge in [-0.2, -0.15) is 0 Å². The number of carbonyl (C=O) groups is 1. The molecule has 0 spiro atoms. The third kappa shape index (κ3) is 3.87. The number of aromatic nitrogens is 1. The van der Waals surface area contributed by atoms with Gasteiger partial charge in [0.2, 0.25) is 0 Å². The van der Waals surface area contributed by atoms with Crippen LogP contribution in [0.5, 0.6) is 0 Å². The molecular weight excluding hydrogens is 330 g/mol. The zero-order valence-corrected chi connectivity index (χ0v) is 14.3. The number of hydrogen-bond acceptors (Lipinski definition) is 6. The molecule has 3 aromatic heterocycles. The van der Waals surface area contributed by atoms with Gasteiger partial charge in [-0.15, -0.1) is 22.7 Å². The van der Waals surface area contributed by atoms with E-state index in [2.05, 4.69) is 27.8 Å². The highest BCUT2D eigenvalue weighted by molar-refractivity contribution is 7.16. The summed E-state index contributed by atoms with van der Waals surface area (Å²) in [4.78, 5) is 18.9. The van der Waals surface area contributed by atoms with E-state index in [1.54, 1.807) is 28.7 Å². The third-order valence-electron chi connectivity index (χ3n) is 3.31. The van der Waals surface area contributed by atoms with E-state index in [1.807, 2.05) is 6.92 Å². The number of hydrogen-bond donors (Lipinski definition) is 2. The summed E-state index contributed by atoms with van der Waals surface area (Å²) >= 11 is 3.36. The SMILES string of the molecule is Cc1nc(-c2ccc(CCNC(=O)c3coc(CN)c3)s2)cs1. The monoisotopic (exact) mass is 347 g/mol. The molecule has 3 aromatic rings. The second-order valence-electron chi connectivity index (χ2n) is 5.03. The highest BCUT2D eigenvalue weighted by atomic mass is 32.1. The van der Waals surface area contributed by atoms with E-state index in [0.29, 0.717) is 24.4 Å². The minimum Gasteiger partial charge on any atom is -0.467 e. The van der Waals surface area contributed by atoms with Crippen molar-refractivity contribution in [2.24, 2.45) is 5.73 Å². The maximum Gasteiger partial charge on any atom is 0.254 e. The first-order valence-electron chi connectivity index (χ1n) is 7.22. The number of carbonyl (C=O) groups excluding carboxylic acids is 1. The van der Waals surface area contributed by atoms with Crippen molar-refractivity contribution in [1.29, 1.82) is 0 Å². The summed E-state index contributed by atoms with van der Waals surface area (Å²) in [5, 5.41) is 6.03. The number of nitrogens with two attached hydrogens (primary N) is 1. The second kappa shape index (κ2) is 7.08. The van der Waals surface area contributed by atoms with E-state index in [-0.39, 0.29) is 5.91 Å². The molecule has 0 aliphatic heterocycles. The molecule has 0 unspecified atom stereocenters. The van der Waals surface area contributed by atoms with Crippen LogP contribution in [0, 0.1) is 6.92 Å². The highest BCUT2D eigenvalue weighted by Crippen LogP contribution is 2.29. The molecule has 3 rings (SSSR count). The van der Waals surface area contributed by atoms with Crippen molar-refractivity contribution in [3.05, 3.63) is 51.1 Å². The molecule has 0 atom stereocenters. The summed E-state index contributed by atoms with van der Waals surface area (Å²) in [6, 6.07) is 5.84. The molecule has 0 saturated heterocycles. The molecule has 3 N–H and O–H groups in total. The van der Waals surface area contributed by atoms with Crippen LogP contribution >= 0.6 is 22.7 Å². The highest BCUT2D eigenvalue weighted by Gasteiger charge is 2.10. The predicted octanol–water partition coefficient (Wildman–Crippen LogP) is 3.20. The first kappa shape index (κ1) is 15.9. The molecule has 5 nitrogen and oxygen atoms in total. The van der Waals surface area contributed by atoms with E-state index < -0.39 is 0 Å². The maximum atomic E-state index is 12.0. The fraction of sp³-hybridized carbons (Fsp3) is 0.250. The number of furan rings is 1. The Bertz CT molecular complexity index is 804. The Balaban J connectivity index is 1.53. The topological polar surface area (TPSA) is 81.2 Å². The largest absolute Gasteiger partial charge is 0.467 e. The van der Waals surface area contributed by atoms with Crippen LogP contribution in [0.1, 0.15) is 26.0 Å². The fourth-order valence-electron chi connectivity index (χ4n) is 2.13. The van der Waals surface area contributed by atoms with Gasteiger partial charge in [0, 0.05) is 16.8 Å². The Kier molecular flexibility index (Phi) is 4.90. The van der Waals surface area contributed by atoms with Gasteiger partial charge < -0.3 is 15.5 Å². The van der Waals surface area contributed by atoms with E-state index in [9.17, 15) is 4.79 Å². The standard InChI is InChI=1S/C16H17N3O2S2/c1-10-19-14(9-22-10)15-3-2-13(23-15)4-5-18-16(20)11-6-12(7-17)21-8-11/h2-3,6,8-9H,4-5,7,17H2,1H3,(H,18,20). The Morgan fingerprint density at radius 1 is 1.43 bits per heavy atom. The van der Waals surface area contributed by atoms with Gasteiger partial charge in [0.1, 0.15) is 12.0 Å². The Labute approximate surface area is 142 Å². The summed E-state index contributed by atoms with van der Waals surface area (Å²) in [6.07, 6.45) is 2.23. The van der Waals surface area contributed by atoms with Gasteiger partial charge in [0.15, 0.2) is 0 Å². The molecule has 0 aliphatic carbocycles. The van der Waals surface area contributed by atoms with Crippen molar-refractivity contribution >= 4 is 28.6 Å². The van der Waals surface area contributed by atoms with Crippen molar-refractivity contribution in [3.8, 4) is 10.6 Å². The maximum absolute atomic E-state index is 12.0. The molecule has 23 heavy (non-hydrogen) atoms. The van der Waals surface area contributed by atoms with Crippen LogP contribution in [0.3, 0.4) is 0 Å². The van der Waals surface area contributed by atoms with Crippen LogP contribution in [0.25, 0.3) is 10.6 Å². The second-order valence-corrected chi connectivity index (χ2v) is 7.26. The lowest BCUT2D eigenvalue weighted by atomic mass is 10.2. The molecule has 0 saturated carbocycles. The number of nitrogens with one attached hydrogen (secondary N) is 1. The molecule has 0 fully saturated rings. The first-order valence-corrected chi connectivity index (χ1v) is 8.92. The van der Waals surface area contributed by atoms with Crippen LogP contribution in [-0.4, -0.2) is 17.4 Å². The Morgan fingerprint density at radius 2 is 2.30 bits per heavy atom. The van der Waals surface area contributed by atoms with Gasteiger partial charge in [-0.05, 0) is 31.5 Å². The van der Waals surface area contributed by atoms with Gasteiger partial charge in [0.25, 0.3) is 5.91 Å². The van der Waals surface area contributed by atoms with E-state index >= 15 is 0 Å². The lowest BCUT2D eigenvalue weighted by Gasteiger charge is -2.01. The molecule has 120 valence electrons. The van der Waals surface area contributed by atoms with Gasteiger partial charge >= 0.3 is 0 Å². The van der Waals surface area contributed by atoms with Gasteiger partial charge in [-0.25, -0.2) is 4.98 Å². The van der Waals surface area contributed by atoms with Gasteiger partial charge in [-0.1, -0.05) is 0 Å². The summed E-state index contributed by atoms with van der Waals surface area (Å²) in [5.41, 5.74) is 7.00. The van der Waals surface area contributed by atoms with Crippen LogP contribution in [-0.2, 0) is 13.0 Å². The lowest BCUT2D eigenvalue weighted by molar-refractivity contribution is 0.0953. The van der Waals surface area contributed by atoms with E-state index in [1.165, 1.54) is 11.1 Å². The zero-order valence-electron chi connectivity index (χ0n) is 12.7. The first-order chi connectivity index (χ1) is 11.2. The van der Waals surface area contributed by atoms with Crippen molar-refractivity contribution in [2.75, 3.05) is 6.54 Å². The molecule has 0 radical (unpaired) electrons. The van der Waals surface area contributed by atoms with Crippen LogP contribution in [0.2, 0.25) is 0 Å². The minimum atomic E-state index is -0.139. The summed E-state index contributed by atoms with van der Waals surface area (Å²) in [6.45, 7) is 2.88. The molecule has 0 aromatic carbocycles. The zero-order chi connectivity index (χ0) is 16.2. The minimum absolute atomic E-state index is 0.139. The number of nitrogens with zero attached hydrogens (tertiary/aromatic N) is 1. The van der Waals surface area contributed by atoms with Crippen molar-refractivity contribution < 1.29 is 9.21 Å². The smallest absolute Gasteiger partial charge is 0.254 e.